The number of aliphatic hydroxyl groups is 2. The highest BCUT2D eigenvalue weighted by Crippen LogP contribution is 2.19. The summed E-state index contributed by atoms with van der Waals surface area (Å²) in [4.78, 5) is 40.6. The molecule has 0 aromatic rings. The van der Waals surface area contributed by atoms with Crippen molar-refractivity contribution in [2.24, 2.45) is 5.92 Å². The molecule has 0 saturated carbocycles. The number of rotatable bonds is 19. The van der Waals surface area contributed by atoms with Crippen LogP contribution >= 0.6 is 0 Å². The first-order valence-corrected chi connectivity index (χ1v) is 12.7. The summed E-state index contributed by atoms with van der Waals surface area (Å²) >= 11 is 0. The van der Waals surface area contributed by atoms with Crippen molar-refractivity contribution in [2.75, 3.05) is 52.9 Å². The minimum atomic E-state index is -0.392. The quantitative estimate of drug-likeness (QED) is 0.152. The molecule has 9 heteroatoms. The van der Waals surface area contributed by atoms with Gasteiger partial charge in [0.2, 0.25) is 0 Å². The molecule has 9 nitrogen and oxygen atoms in total. The summed E-state index contributed by atoms with van der Waals surface area (Å²) in [5, 5.41) is 19.3. The van der Waals surface area contributed by atoms with E-state index in [0.29, 0.717) is 13.1 Å². The number of aldehydes is 1. The summed E-state index contributed by atoms with van der Waals surface area (Å²) in [6.45, 7) is 20.5. The van der Waals surface area contributed by atoms with Gasteiger partial charge in [0.25, 0.3) is 0 Å². The largest absolute Gasteiger partial charge is 0.512 e. The molecule has 2 unspecified atom stereocenters. The number of methoxy groups -OCH3 is 1. The van der Waals surface area contributed by atoms with Gasteiger partial charge < -0.3 is 19.7 Å². The molecule has 0 rings (SSSR count). The standard InChI is InChI=1S/C23H41N3O6.C4H10/c1-7-8-9-22(21(5)25(12-13-27)16-20(4)30)26(17-23(31)32-6)11-10-24(14-18(2)28)15-19(3)29;1-4(2)3/h13,21-22,28,30H,2,4,7-12,14-17H2,1,3,5-6H3;4H,1-3H3. The van der Waals surface area contributed by atoms with Crippen molar-refractivity contribution >= 4 is 18.0 Å². The van der Waals surface area contributed by atoms with Crippen molar-refractivity contribution in [1.82, 2.24) is 14.7 Å². The summed E-state index contributed by atoms with van der Waals surface area (Å²) in [6.07, 6.45) is 3.41. The van der Waals surface area contributed by atoms with Gasteiger partial charge in [-0.1, -0.05) is 53.7 Å². The monoisotopic (exact) mass is 513 g/mol. The van der Waals surface area contributed by atoms with E-state index in [1.807, 2.05) is 16.7 Å². The van der Waals surface area contributed by atoms with Crippen LogP contribution in [0.15, 0.2) is 24.7 Å². The van der Waals surface area contributed by atoms with Crippen molar-refractivity contribution in [3.63, 3.8) is 0 Å². The number of carbonyl (C=O) groups is 3. The van der Waals surface area contributed by atoms with Crippen LogP contribution in [0.3, 0.4) is 0 Å². The Bertz CT molecular complexity index is 649. The molecule has 0 aliphatic rings. The van der Waals surface area contributed by atoms with Crippen LogP contribution in [0.1, 0.15) is 60.8 Å². The molecule has 0 saturated heterocycles. The van der Waals surface area contributed by atoms with Crippen LogP contribution < -0.4 is 0 Å². The first-order chi connectivity index (χ1) is 16.8. The molecule has 2 atom stereocenters. The van der Waals surface area contributed by atoms with E-state index in [2.05, 4.69) is 40.9 Å². The Morgan fingerprint density at radius 1 is 0.944 bits per heavy atom. The Balaban J connectivity index is 0. The molecule has 0 aliphatic carbocycles. The second kappa shape index (κ2) is 20.9. The third-order valence-electron chi connectivity index (χ3n) is 5.27. The average Bonchev–Trinajstić information content (AvgIpc) is 2.75. The zero-order chi connectivity index (χ0) is 28.3. The second-order valence-corrected chi connectivity index (χ2v) is 9.87. The predicted molar refractivity (Wildman–Crippen MR) is 145 cm³/mol. The third-order valence-corrected chi connectivity index (χ3v) is 5.27. The molecule has 0 aromatic carbocycles. The van der Waals surface area contributed by atoms with Gasteiger partial charge in [-0.3, -0.25) is 24.3 Å². The van der Waals surface area contributed by atoms with Crippen LogP contribution in [0.4, 0.5) is 0 Å². The van der Waals surface area contributed by atoms with Gasteiger partial charge in [-0.25, -0.2) is 0 Å². The molecular weight excluding hydrogens is 462 g/mol. The Morgan fingerprint density at radius 3 is 1.92 bits per heavy atom. The van der Waals surface area contributed by atoms with Gasteiger partial charge in [0.05, 0.1) is 51.4 Å². The molecule has 0 radical (unpaired) electrons. The van der Waals surface area contributed by atoms with Crippen molar-refractivity contribution in [3.05, 3.63) is 24.7 Å². The maximum absolute atomic E-state index is 12.2. The lowest BCUT2D eigenvalue weighted by molar-refractivity contribution is -0.143. The van der Waals surface area contributed by atoms with E-state index < -0.39 is 5.97 Å². The average molecular weight is 514 g/mol. The highest BCUT2D eigenvalue weighted by Gasteiger charge is 2.30. The smallest absolute Gasteiger partial charge is 0.319 e. The predicted octanol–water partition coefficient (Wildman–Crippen LogP) is 3.61. The van der Waals surface area contributed by atoms with Gasteiger partial charge in [-0.15, -0.1) is 0 Å². The van der Waals surface area contributed by atoms with Crippen LogP contribution in [-0.2, 0) is 19.1 Å². The number of aliphatic hydroxyl groups excluding tert-OH is 2. The van der Waals surface area contributed by atoms with Crippen molar-refractivity contribution in [3.8, 4) is 0 Å². The molecule has 0 aromatic heterocycles. The number of ketones is 1. The van der Waals surface area contributed by atoms with Crippen LogP contribution in [-0.4, -0.2) is 108 Å². The lowest BCUT2D eigenvalue weighted by atomic mass is 9.99. The van der Waals surface area contributed by atoms with Crippen molar-refractivity contribution in [1.29, 1.82) is 0 Å². The summed E-state index contributed by atoms with van der Waals surface area (Å²) in [7, 11) is 1.33. The molecule has 0 spiro atoms. The topological polar surface area (TPSA) is 111 Å². The van der Waals surface area contributed by atoms with E-state index in [0.717, 1.165) is 31.5 Å². The van der Waals surface area contributed by atoms with Gasteiger partial charge in [-0.05, 0) is 26.2 Å². The van der Waals surface area contributed by atoms with Gasteiger partial charge in [-0.2, -0.15) is 0 Å². The van der Waals surface area contributed by atoms with E-state index >= 15 is 0 Å². The number of unbranched alkanes of at least 4 members (excludes halogenated alkanes) is 1. The lowest BCUT2D eigenvalue weighted by Crippen LogP contribution is -2.54. The molecule has 0 heterocycles. The normalized spacial score (nSPS) is 12.8. The number of nitrogens with zero attached hydrogens (tertiary/aromatic N) is 3. The van der Waals surface area contributed by atoms with Gasteiger partial charge in [0, 0.05) is 25.2 Å². The van der Waals surface area contributed by atoms with Crippen LogP contribution in [0.25, 0.3) is 0 Å². The molecular formula is C27H51N3O6. The first-order valence-electron chi connectivity index (χ1n) is 12.7. The molecule has 0 aliphatic heterocycles. The molecule has 36 heavy (non-hydrogen) atoms. The number of esters is 1. The number of carbonyl (C=O) groups excluding carboxylic acids is 3. The summed E-state index contributed by atoms with van der Waals surface area (Å²) in [5.41, 5.74) is 0. The summed E-state index contributed by atoms with van der Waals surface area (Å²) in [6, 6.07) is -0.292. The van der Waals surface area contributed by atoms with E-state index in [1.165, 1.54) is 14.0 Å². The van der Waals surface area contributed by atoms with Gasteiger partial charge >= 0.3 is 5.97 Å². The highest BCUT2D eigenvalue weighted by atomic mass is 16.5. The fourth-order valence-corrected chi connectivity index (χ4v) is 3.74. The highest BCUT2D eigenvalue weighted by molar-refractivity contribution is 5.77. The van der Waals surface area contributed by atoms with Crippen LogP contribution in [0.2, 0.25) is 0 Å². The van der Waals surface area contributed by atoms with E-state index in [-0.39, 0.29) is 62.1 Å². The molecule has 210 valence electrons. The number of Topliss-reactive ketones (excluding diaryl/α,β-unsaturated/α-hetero) is 1. The number of hydrogen-bond acceptors (Lipinski definition) is 9. The Hall–Kier alpha value is -2.23. The second-order valence-electron chi connectivity index (χ2n) is 9.87. The number of ether oxygens (including phenoxy) is 1. The molecule has 0 fully saturated rings. The van der Waals surface area contributed by atoms with E-state index in [4.69, 9.17) is 4.74 Å². The fourth-order valence-electron chi connectivity index (χ4n) is 3.74. The fraction of sp³-hybridized carbons (Fsp3) is 0.741. The van der Waals surface area contributed by atoms with Crippen LogP contribution in [0.5, 0.6) is 0 Å². The molecule has 0 amide bonds. The number of hydrogen-bond donors (Lipinski definition) is 2. The SMILES string of the molecule is C=C(O)CN(CCN(CC(=O)OC)C(CCCC)C(C)N(CC=O)CC(=C)O)CC(C)=O.CC(C)C. The minimum Gasteiger partial charge on any atom is -0.512 e. The Labute approximate surface area is 218 Å². The van der Waals surface area contributed by atoms with Crippen LogP contribution in [0, 0.1) is 5.92 Å². The molecule has 2 N–H and O–H groups in total. The molecule has 0 bridgehead atoms. The van der Waals surface area contributed by atoms with E-state index in [1.54, 1.807) is 4.90 Å². The van der Waals surface area contributed by atoms with E-state index in [9.17, 15) is 24.6 Å². The summed E-state index contributed by atoms with van der Waals surface area (Å²) in [5.74, 6) is 0.319. The Morgan fingerprint density at radius 2 is 1.50 bits per heavy atom. The maximum Gasteiger partial charge on any atom is 0.319 e. The van der Waals surface area contributed by atoms with Gasteiger partial charge in [0.15, 0.2) is 0 Å². The lowest BCUT2D eigenvalue weighted by Gasteiger charge is -2.40. The van der Waals surface area contributed by atoms with Gasteiger partial charge in [0.1, 0.15) is 12.1 Å². The minimum absolute atomic E-state index is 0.0399. The maximum atomic E-state index is 12.2. The third kappa shape index (κ3) is 19.0. The first kappa shape index (κ1) is 35.9. The summed E-state index contributed by atoms with van der Waals surface area (Å²) < 4.78 is 4.90. The van der Waals surface area contributed by atoms with Crippen molar-refractivity contribution in [2.45, 2.75) is 72.9 Å². The van der Waals surface area contributed by atoms with Crippen molar-refractivity contribution < 1.29 is 29.3 Å². The zero-order valence-electron chi connectivity index (χ0n) is 23.7. The Kier molecular flexibility index (Phi) is 20.9. The zero-order valence-corrected chi connectivity index (χ0v) is 23.7.